The lowest BCUT2D eigenvalue weighted by Gasteiger charge is -2.31. The van der Waals surface area contributed by atoms with Crippen LogP contribution >= 0.6 is 0 Å². The first-order valence-corrected chi connectivity index (χ1v) is 13.7. The van der Waals surface area contributed by atoms with Gasteiger partial charge in [0.25, 0.3) is 11.5 Å². The Morgan fingerprint density at radius 3 is 2.63 bits per heavy atom. The molecule has 1 aromatic carbocycles. The molecule has 3 aromatic rings. The summed E-state index contributed by atoms with van der Waals surface area (Å²) in [5.74, 6) is -1.98. The number of esters is 1. The maximum Gasteiger partial charge on any atom is 0.343 e. The van der Waals surface area contributed by atoms with Crippen molar-refractivity contribution in [3.8, 4) is 11.4 Å². The van der Waals surface area contributed by atoms with Gasteiger partial charge in [-0.1, -0.05) is 19.4 Å². The van der Waals surface area contributed by atoms with Crippen molar-refractivity contribution in [3.63, 3.8) is 0 Å². The molecule has 2 amide bonds. The largest absolute Gasteiger partial charge is 0.458 e. The van der Waals surface area contributed by atoms with Gasteiger partial charge in [0.1, 0.15) is 6.61 Å². The Labute approximate surface area is 236 Å². The van der Waals surface area contributed by atoms with Gasteiger partial charge in [-0.2, -0.15) is 0 Å². The van der Waals surface area contributed by atoms with Crippen LogP contribution in [0.4, 0.5) is 5.69 Å². The van der Waals surface area contributed by atoms with E-state index in [2.05, 4.69) is 0 Å². The zero-order valence-corrected chi connectivity index (χ0v) is 23.1. The van der Waals surface area contributed by atoms with E-state index in [4.69, 9.17) is 26.9 Å². The third kappa shape index (κ3) is 4.62. The number of carbonyl (C=O) groups excluding carboxylic acids is 3. The fourth-order valence-electron chi connectivity index (χ4n) is 5.53. The quantitative estimate of drug-likeness (QED) is 0.176. The smallest absolute Gasteiger partial charge is 0.343 e. The maximum absolute atomic E-state index is 13.5. The average Bonchev–Trinajstić information content (AvgIpc) is 3.32. The molecular formula is C29H34N6O6. The highest BCUT2D eigenvalue weighted by Gasteiger charge is 2.45. The number of amides is 2. The number of cyclic esters (lactones) is 1. The molecule has 0 radical (unpaired) electrons. The Hall–Kier alpha value is -3.97. The number of pyridine rings is 2. The minimum atomic E-state index is -1.93. The van der Waals surface area contributed by atoms with E-state index in [0.29, 0.717) is 59.3 Å². The lowest BCUT2D eigenvalue weighted by molar-refractivity contribution is -0.172. The molecule has 41 heavy (non-hydrogen) atoms. The Bertz CT molecular complexity index is 1630. The lowest BCUT2D eigenvalue weighted by atomic mass is 9.86. The lowest BCUT2D eigenvalue weighted by Crippen LogP contribution is -2.51. The number of fused-ring (bicyclic) bond motifs is 5. The Morgan fingerprint density at radius 2 is 1.95 bits per heavy atom. The molecule has 5 rings (SSSR count). The summed E-state index contributed by atoms with van der Waals surface area (Å²) in [6, 6.07) is 6.57. The number of anilines is 1. The van der Waals surface area contributed by atoms with Crippen molar-refractivity contribution in [3.05, 3.63) is 57.4 Å². The highest BCUT2D eigenvalue weighted by Crippen LogP contribution is 2.39. The van der Waals surface area contributed by atoms with Crippen LogP contribution in [0.5, 0.6) is 0 Å². The van der Waals surface area contributed by atoms with Gasteiger partial charge in [-0.05, 0) is 57.0 Å². The molecule has 0 spiro atoms. The van der Waals surface area contributed by atoms with Crippen molar-refractivity contribution in [1.29, 1.82) is 0 Å². The number of nitrogens with zero attached hydrogens (tertiary/aromatic N) is 3. The van der Waals surface area contributed by atoms with Crippen molar-refractivity contribution < 1.29 is 24.2 Å². The van der Waals surface area contributed by atoms with Gasteiger partial charge in [-0.3, -0.25) is 14.4 Å². The molecule has 0 saturated heterocycles. The molecule has 0 saturated carbocycles. The molecule has 0 bridgehead atoms. The highest BCUT2D eigenvalue weighted by atomic mass is 16.6. The zero-order valence-electron chi connectivity index (χ0n) is 23.1. The third-order valence-electron chi connectivity index (χ3n) is 7.89. The minimum Gasteiger partial charge on any atom is -0.458 e. The van der Waals surface area contributed by atoms with E-state index in [0.717, 1.165) is 4.90 Å². The second-order valence-electron chi connectivity index (χ2n) is 10.6. The van der Waals surface area contributed by atoms with E-state index in [1.807, 2.05) is 0 Å². The number of nitrogens with two attached hydrogens (primary N) is 3. The second-order valence-corrected chi connectivity index (χ2v) is 10.6. The number of rotatable bonds is 8. The van der Waals surface area contributed by atoms with Crippen LogP contribution in [0.15, 0.2) is 35.1 Å². The number of benzene rings is 1. The summed E-state index contributed by atoms with van der Waals surface area (Å²) in [7, 11) is 0. The van der Waals surface area contributed by atoms with Gasteiger partial charge >= 0.3 is 5.97 Å². The van der Waals surface area contributed by atoms with E-state index < -0.39 is 35.5 Å². The number of ether oxygens (including phenoxy) is 1. The number of hydrogen-bond donors (Lipinski definition) is 4. The summed E-state index contributed by atoms with van der Waals surface area (Å²) in [5.41, 5.74) is 18.2. The number of unbranched alkanes of at least 4 members (excludes halogenated alkanes) is 1. The van der Waals surface area contributed by atoms with E-state index in [-0.39, 0.29) is 36.3 Å². The summed E-state index contributed by atoms with van der Waals surface area (Å²) < 4.78 is 6.66. The monoisotopic (exact) mass is 562 g/mol. The van der Waals surface area contributed by atoms with Crippen LogP contribution in [-0.4, -0.2) is 51.1 Å². The molecule has 3 atom stereocenters. The van der Waals surface area contributed by atoms with Crippen LogP contribution in [-0.2, 0) is 37.9 Å². The molecule has 4 heterocycles. The van der Waals surface area contributed by atoms with Gasteiger partial charge in [-0.25, -0.2) is 14.7 Å². The number of imide groups is 1. The molecule has 0 aliphatic carbocycles. The van der Waals surface area contributed by atoms with E-state index >= 15 is 0 Å². The Morgan fingerprint density at radius 1 is 1.20 bits per heavy atom. The molecule has 7 N–H and O–H groups in total. The molecule has 0 fully saturated rings. The van der Waals surface area contributed by atoms with Crippen molar-refractivity contribution in [2.45, 2.75) is 70.4 Å². The summed E-state index contributed by atoms with van der Waals surface area (Å²) >= 11 is 0. The van der Waals surface area contributed by atoms with Crippen LogP contribution < -0.4 is 27.7 Å². The van der Waals surface area contributed by atoms with Gasteiger partial charge < -0.3 is 31.6 Å². The van der Waals surface area contributed by atoms with Crippen LogP contribution in [0.25, 0.3) is 22.3 Å². The summed E-state index contributed by atoms with van der Waals surface area (Å²) in [4.78, 5) is 58.5. The average molecular weight is 563 g/mol. The Balaban J connectivity index is 1.63. The zero-order chi connectivity index (χ0) is 29.6. The topological polar surface area (TPSA) is 197 Å². The molecule has 2 aliphatic rings. The summed E-state index contributed by atoms with van der Waals surface area (Å²) in [5, 5.41) is 11.6. The maximum atomic E-state index is 13.5. The molecular weight excluding hydrogens is 528 g/mol. The van der Waals surface area contributed by atoms with Crippen LogP contribution in [0.3, 0.4) is 0 Å². The first kappa shape index (κ1) is 28.6. The predicted molar refractivity (Wildman–Crippen MR) is 152 cm³/mol. The van der Waals surface area contributed by atoms with Gasteiger partial charge in [0.05, 0.1) is 46.8 Å². The predicted octanol–water partition coefficient (Wildman–Crippen LogP) is 0.743. The van der Waals surface area contributed by atoms with E-state index in [1.54, 1.807) is 37.3 Å². The van der Waals surface area contributed by atoms with Crippen molar-refractivity contribution in [2.75, 3.05) is 11.4 Å². The first-order valence-electron chi connectivity index (χ1n) is 13.7. The fraction of sp³-hybridized carbons (Fsp3) is 0.414. The number of aliphatic hydroxyl groups is 1. The van der Waals surface area contributed by atoms with E-state index in [9.17, 15) is 24.3 Å². The summed E-state index contributed by atoms with van der Waals surface area (Å²) in [6.07, 6.45) is 1.73. The van der Waals surface area contributed by atoms with Crippen LogP contribution in [0.2, 0.25) is 0 Å². The van der Waals surface area contributed by atoms with Crippen LogP contribution in [0.1, 0.15) is 56.2 Å². The number of carbonyl (C=O) groups is 3. The van der Waals surface area contributed by atoms with Crippen molar-refractivity contribution >= 4 is 34.4 Å². The first-order chi connectivity index (χ1) is 19.5. The molecule has 12 heteroatoms. The molecule has 2 aliphatic heterocycles. The Kier molecular flexibility index (Phi) is 7.51. The molecule has 0 unspecified atom stereocenters. The molecule has 216 valence electrons. The third-order valence-corrected chi connectivity index (χ3v) is 7.89. The molecule has 2 aromatic heterocycles. The van der Waals surface area contributed by atoms with Gasteiger partial charge in [-0.15, -0.1) is 0 Å². The van der Waals surface area contributed by atoms with Gasteiger partial charge in [0.15, 0.2) is 5.60 Å². The van der Waals surface area contributed by atoms with Gasteiger partial charge in [0, 0.05) is 16.5 Å². The SMILES string of the molecule is CC[C@@]1(O)C(=O)OCc2c1cc1n(c2=O)Cc2cc3c(N(C(=O)[C@H](C)N)C(=O)[C@@H](N)CCCCN)cccc3nc2-1. The summed E-state index contributed by atoms with van der Waals surface area (Å²) in [6.45, 7) is 3.55. The van der Waals surface area contributed by atoms with Crippen molar-refractivity contribution in [2.24, 2.45) is 17.2 Å². The second kappa shape index (κ2) is 10.8. The van der Waals surface area contributed by atoms with Crippen LogP contribution in [0, 0.1) is 0 Å². The number of hydrogen-bond acceptors (Lipinski definition) is 10. The van der Waals surface area contributed by atoms with Crippen molar-refractivity contribution in [1.82, 2.24) is 9.55 Å². The van der Waals surface area contributed by atoms with Gasteiger partial charge in [0.2, 0.25) is 5.91 Å². The standard InChI is InChI=1S/C29H34N6O6/c1-3-29(40)19-12-23-24-16(13-34(23)26(37)18(19)14-41-28(29)39)11-17-21(33-24)8-6-9-22(17)35(25(36)15(2)31)27(38)20(32)7-4-5-10-30/h6,8-9,11-12,15,20,40H,3-5,7,10,13-14,30-32H2,1-2H3/t15-,20-,29-/m0/s1. The number of aromatic nitrogens is 2. The minimum absolute atomic E-state index is 0.0366. The normalized spacial score (nSPS) is 18.7. The van der Waals surface area contributed by atoms with E-state index in [1.165, 1.54) is 11.5 Å². The molecule has 12 nitrogen and oxygen atoms in total. The highest BCUT2D eigenvalue weighted by molar-refractivity contribution is 6.21. The fourth-order valence-corrected chi connectivity index (χ4v) is 5.53.